The highest BCUT2D eigenvalue weighted by atomic mass is 16.5. The predicted molar refractivity (Wildman–Crippen MR) is 69.5 cm³/mol. The molecule has 0 saturated heterocycles. The Balaban J connectivity index is 1.80. The average Bonchev–Trinajstić information content (AvgIpc) is 2.28. The Kier molecular flexibility index (Phi) is 3.67. The highest BCUT2D eigenvalue weighted by Gasteiger charge is 2.27. The maximum atomic E-state index is 5.90. The van der Waals surface area contributed by atoms with Crippen LogP contribution in [0.1, 0.15) is 45.2 Å². The molecular weight excluding hydrogens is 212 g/mol. The number of hydrogen-bond acceptors (Lipinski definition) is 3. The first-order chi connectivity index (χ1) is 8.05. The number of anilines is 1. The van der Waals surface area contributed by atoms with Gasteiger partial charge in [0.25, 0.3) is 0 Å². The standard InChI is InChI=1S/C14H22N2O/c1-14(2)8-6-12(7-9-14)17-10-11-4-3-5-13(15)16-11/h3-5,12H,6-10H2,1-2H3,(H2,15,16). The molecule has 2 rings (SSSR count). The molecule has 1 aliphatic carbocycles. The summed E-state index contributed by atoms with van der Waals surface area (Å²) in [5, 5.41) is 0. The van der Waals surface area contributed by atoms with Crippen molar-refractivity contribution in [1.82, 2.24) is 4.98 Å². The van der Waals surface area contributed by atoms with Crippen molar-refractivity contribution < 1.29 is 4.74 Å². The third kappa shape index (κ3) is 3.70. The van der Waals surface area contributed by atoms with Gasteiger partial charge in [-0.25, -0.2) is 4.98 Å². The lowest BCUT2D eigenvalue weighted by atomic mass is 9.76. The summed E-state index contributed by atoms with van der Waals surface area (Å²) < 4.78 is 5.90. The van der Waals surface area contributed by atoms with E-state index in [0.717, 1.165) is 18.5 Å². The Hall–Kier alpha value is -1.09. The zero-order valence-corrected chi connectivity index (χ0v) is 10.8. The fourth-order valence-electron chi connectivity index (χ4n) is 2.32. The largest absolute Gasteiger partial charge is 0.384 e. The monoisotopic (exact) mass is 234 g/mol. The number of nitrogen functional groups attached to an aromatic ring is 1. The van der Waals surface area contributed by atoms with E-state index in [1.807, 2.05) is 12.1 Å². The van der Waals surface area contributed by atoms with Crippen molar-refractivity contribution in [3.8, 4) is 0 Å². The summed E-state index contributed by atoms with van der Waals surface area (Å²) in [7, 11) is 0. The molecule has 0 spiro atoms. The van der Waals surface area contributed by atoms with Crippen molar-refractivity contribution in [3.63, 3.8) is 0 Å². The molecule has 17 heavy (non-hydrogen) atoms. The van der Waals surface area contributed by atoms with E-state index in [1.165, 1.54) is 12.8 Å². The number of ether oxygens (including phenoxy) is 1. The summed E-state index contributed by atoms with van der Waals surface area (Å²) >= 11 is 0. The van der Waals surface area contributed by atoms with Gasteiger partial charge in [-0.3, -0.25) is 0 Å². The fourth-order valence-corrected chi connectivity index (χ4v) is 2.32. The van der Waals surface area contributed by atoms with Gasteiger partial charge in [-0.15, -0.1) is 0 Å². The van der Waals surface area contributed by atoms with Gasteiger partial charge in [0.1, 0.15) is 5.82 Å². The summed E-state index contributed by atoms with van der Waals surface area (Å²) in [6.45, 7) is 5.25. The molecule has 1 aromatic rings. The van der Waals surface area contributed by atoms with Crippen LogP contribution >= 0.6 is 0 Å². The number of hydrogen-bond donors (Lipinski definition) is 1. The Bertz CT molecular complexity index is 366. The molecule has 1 fully saturated rings. The number of pyridine rings is 1. The van der Waals surface area contributed by atoms with Crippen molar-refractivity contribution >= 4 is 5.82 Å². The third-order valence-electron chi connectivity index (χ3n) is 3.58. The van der Waals surface area contributed by atoms with Gasteiger partial charge >= 0.3 is 0 Å². The SMILES string of the molecule is CC1(C)CCC(OCc2cccc(N)n2)CC1. The number of nitrogens with zero attached hydrogens (tertiary/aromatic N) is 1. The van der Waals surface area contributed by atoms with Crippen LogP contribution in [0.15, 0.2) is 18.2 Å². The lowest BCUT2D eigenvalue weighted by Crippen LogP contribution is -2.26. The van der Waals surface area contributed by atoms with Crippen molar-refractivity contribution in [3.05, 3.63) is 23.9 Å². The van der Waals surface area contributed by atoms with E-state index in [4.69, 9.17) is 10.5 Å². The van der Waals surface area contributed by atoms with E-state index >= 15 is 0 Å². The van der Waals surface area contributed by atoms with Gasteiger partial charge in [0.15, 0.2) is 0 Å². The minimum absolute atomic E-state index is 0.395. The lowest BCUT2D eigenvalue weighted by Gasteiger charge is -2.34. The minimum atomic E-state index is 0.395. The molecule has 2 N–H and O–H groups in total. The highest BCUT2D eigenvalue weighted by molar-refractivity contribution is 5.28. The van der Waals surface area contributed by atoms with E-state index in [2.05, 4.69) is 18.8 Å². The molecule has 0 unspecified atom stereocenters. The first kappa shape index (κ1) is 12.4. The van der Waals surface area contributed by atoms with Gasteiger partial charge < -0.3 is 10.5 Å². The van der Waals surface area contributed by atoms with Crippen LogP contribution in [0.3, 0.4) is 0 Å². The van der Waals surface area contributed by atoms with Gasteiger partial charge in [-0.2, -0.15) is 0 Å². The van der Waals surface area contributed by atoms with Crippen LogP contribution in [0.25, 0.3) is 0 Å². The zero-order chi connectivity index (χ0) is 12.3. The van der Waals surface area contributed by atoms with Crippen LogP contribution in [0, 0.1) is 5.41 Å². The second-order valence-electron chi connectivity index (χ2n) is 5.73. The van der Waals surface area contributed by atoms with Crippen LogP contribution in [0.5, 0.6) is 0 Å². The Morgan fingerprint density at radius 1 is 1.35 bits per heavy atom. The van der Waals surface area contributed by atoms with Crippen molar-refractivity contribution in [1.29, 1.82) is 0 Å². The summed E-state index contributed by atoms with van der Waals surface area (Å²) in [5.74, 6) is 0.566. The second-order valence-corrected chi connectivity index (χ2v) is 5.73. The molecule has 94 valence electrons. The molecule has 3 nitrogen and oxygen atoms in total. The van der Waals surface area contributed by atoms with E-state index in [-0.39, 0.29) is 0 Å². The number of rotatable bonds is 3. The van der Waals surface area contributed by atoms with Gasteiger partial charge in [-0.05, 0) is 43.2 Å². The topological polar surface area (TPSA) is 48.1 Å². The van der Waals surface area contributed by atoms with Crippen LogP contribution in [0.2, 0.25) is 0 Å². The van der Waals surface area contributed by atoms with Gasteiger partial charge in [-0.1, -0.05) is 19.9 Å². The highest BCUT2D eigenvalue weighted by Crippen LogP contribution is 2.36. The molecule has 0 atom stereocenters. The molecular formula is C14H22N2O. The molecule has 0 aromatic carbocycles. The molecule has 0 aliphatic heterocycles. The molecule has 1 aliphatic rings. The summed E-state index contributed by atoms with van der Waals surface area (Å²) in [5.41, 5.74) is 7.06. The summed E-state index contributed by atoms with van der Waals surface area (Å²) in [4.78, 5) is 4.24. The van der Waals surface area contributed by atoms with E-state index in [0.29, 0.717) is 23.9 Å². The maximum absolute atomic E-state index is 5.90. The van der Waals surface area contributed by atoms with E-state index in [1.54, 1.807) is 6.07 Å². The van der Waals surface area contributed by atoms with Gasteiger partial charge in [0, 0.05) is 0 Å². The number of nitrogens with two attached hydrogens (primary N) is 1. The van der Waals surface area contributed by atoms with E-state index in [9.17, 15) is 0 Å². The average molecular weight is 234 g/mol. The maximum Gasteiger partial charge on any atom is 0.123 e. The Morgan fingerprint density at radius 3 is 2.71 bits per heavy atom. The van der Waals surface area contributed by atoms with Crippen LogP contribution in [-0.4, -0.2) is 11.1 Å². The first-order valence-corrected chi connectivity index (χ1v) is 6.38. The molecule has 0 radical (unpaired) electrons. The van der Waals surface area contributed by atoms with Crippen LogP contribution in [0.4, 0.5) is 5.82 Å². The van der Waals surface area contributed by atoms with Crippen LogP contribution < -0.4 is 5.73 Å². The molecule has 1 heterocycles. The van der Waals surface area contributed by atoms with Gasteiger partial charge in [0.2, 0.25) is 0 Å². The minimum Gasteiger partial charge on any atom is -0.384 e. The number of aromatic nitrogens is 1. The quantitative estimate of drug-likeness (QED) is 0.874. The van der Waals surface area contributed by atoms with E-state index < -0.39 is 0 Å². The Labute approximate surface area is 103 Å². The third-order valence-corrected chi connectivity index (χ3v) is 3.58. The molecule has 3 heteroatoms. The zero-order valence-electron chi connectivity index (χ0n) is 10.8. The second kappa shape index (κ2) is 5.05. The summed E-state index contributed by atoms with van der Waals surface area (Å²) in [6.07, 6.45) is 5.22. The van der Waals surface area contributed by atoms with Crippen molar-refractivity contribution in [2.75, 3.05) is 5.73 Å². The molecule has 0 bridgehead atoms. The first-order valence-electron chi connectivity index (χ1n) is 6.38. The van der Waals surface area contributed by atoms with Gasteiger partial charge in [0.05, 0.1) is 18.4 Å². The molecule has 0 amide bonds. The predicted octanol–water partition coefficient (Wildman–Crippen LogP) is 3.15. The van der Waals surface area contributed by atoms with Crippen molar-refractivity contribution in [2.24, 2.45) is 5.41 Å². The smallest absolute Gasteiger partial charge is 0.123 e. The normalized spacial score (nSPS) is 20.4. The molecule has 1 saturated carbocycles. The molecule has 1 aromatic heterocycles. The lowest BCUT2D eigenvalue weighted by molar-refractivity contribution is -0.00683. The Morgan fingerprint density at radius 2 is 2.06 bits per heavy atom. The van der Waals surface area contributed by atoms with Crippen LogP contribution in [-0.2, 0) is 11.3 Å². The summed E-state index contributed by atoms with van der Waals surface area (Å²) in [6, 6.07) is 5.68. The fraction of sp³-hybridized carbons (Fsp3) is 0.643. The van der Waals surface area contributed by atoms with Crippen molar-refractivity contribution in [2.45, 2.75) is 52.2 Å².